The van der Waals surface area contributed by atoms with Crippen molar-refractivity contribution in [3.63, 3.8) is 0 Å². The van der Waals surface area contributed by atoms with Crippen LogP contribution in [-0.2, 0) is 0 Å². The summed E-state index contributed by atoms with van der Waals surface area (Å²) in [6.07, 6.45) is 5.61. The van der Waals surface area contributed by atoms with Crippen LogP contribution in [0, 0.1) is 0 Å². The second kappa shape index (κ2) is 3.58. The monoisotopic (exact) mass is 187 g/mol. The van der Waals surface area contributed by atoms with Crippen molar-refractivity contribution in [1.82, 2.24) is 0 Å². The third-order valence-electron chi connectivity index (χ3n) is 2.95. The number of nitrogens with two attached hydrogens (primary N) is 1. The molecule has 1 heteroatoms. The first-order valence-electron chi connectivity index (χ1n) is 5.29. The molecule has 2 N–H and O–H groups in total. The molecule has 1 aromatic rings. The van der Waals surface area contributed by atoms with Gasteiger partial charge in [0.05, 0.1) is 0 Å². The molecule has 2 rings (SSSR count). The maximum atomic E-state index is 6.18. The van der Waals surface area contributed by atoms with Crippen molar-refractivity contribution in [2.24, 2.45) is 5.73 Å². The van der Waals surface area contributed by atoms with E-state index in [-0.39, 0.29) is 5.54 Å². The first-order valence-corrected chi connectivity index (χ1v) is 5.29. The zero-order valence-electron chi connectivity index (χ0n) is 8.66. The Labute approximate surface area is 85.6 Å². The molecule has 0 bridgehead atoms. The fraction of sp³-hybridized carbons (Fsp3) is 0.385. The van der Waals surface area contributed by atoms with E-state index in [9.17, 15) is 0 Å². The summed E-state index contributed by atoms with van der Waals surface area (Å²) >= 11 is 0. The summed E-state index contributed by atoms with van der Waals surface area (Å²) in [7, 11) is 0. The Kier molecular flexibility index (Phi) is 2.42. The Morgan fingerprint density at radius 3 is 2.50 bits per heavy atom. The lowest BCUT2D eigenvalue weighted by Gasteiger charge is -2.12. The molecular weight excluding hydrogens is 170 g/mol. The van der Waals surface area contributed by atoms with Crippen LogP contribution in [0.4, 0.5) is 0 Å². The number of benzene rings is 1. The quantitative estimate of drug-likeness (QED) is 0.773. The van der Waals surface area contributed by atoms with E-state index in [4.69, 9.17) is 5.73 Å². The average Bonchev–Trinajstić information content (AvgIpc) is 2.95. The fourth-order valence-electron chi connectivity index (χ4n) is 1.80. The minimum atomic E-state index is 0.0323. The SMILES string of the molecule is CC/C(=C\c1ccccc1)C1(N)CC1. The first-order chi connectivity index (χ1) is 6.74. The molecule has 0 amide bonds. The standard InChI is InChI=1S/C13H17N/c1-2-12(13(14)8-9-13)10-11-6-4-3-5-7-11/h3-7,10H,2,8-9,14H2,1H3/b12-10+. The highest BCUT2D eigenvalue weighted by Gasteiger charge is 2.40. The molecule has 0 atom stereocenters. The van der Waals surface area contributed by atoms with E-state index < -0.39 is 0 Å². The van der Waals surface area contributed by atoms with Gasteiger partial charge in [0.25, 0.3) is 0 Å². The molecule has 0 radical (unpaired) electrons. The summed E-state index contributed by atoms with van der Waals surface area (Å²) in [4.78, 5) is 0. The molecule has 1 aliphatic carbocycles. The molecule has 1 aliphatic rings. The highest BCUT2D eigenvalue weighted by molar-refractivity contribution is 5.56. The van der Waals surface area contributed by atoms with E-state index in [1.807, 2.05) is 6.07 Å². The van der Waals surface area contributed by atoms with Crippen molar-refractivity contribution in [1.29, 1.82) is 0 Å². The zero-order chi connectivity index (χ0) is 10.0. The Bertz CT molecular complexity index is 334. The van der Waals surface area contributed by atoms with Gasteiger partial charge in [0.1, 0.15) is 0 Å². The van der Waals surface area contributed by atoms with Crippen molar-refractivity contribution < 1.29 is 0 Å². The van der Waals surface area contributed by atoms with Gasteiger partial charge in [-0.1, -0.05) is 48.9 Å². The second-order valence-electron chi connectivity index (χ2n) is 4.09. The van der Waals surface area contributed by atoms with Crippen LogP contribution in [0.3, 0.4) is 0 Å². The van der Waals surface area contributed by atoms with E-state index in [2.05, 4.69) is 37.3 Å². The number of rotatable bonds is 3. The van der Waals surface area contributed by atoms with Crippen LogP contribution in [-0.4, -0.2) is 5.54 Å². The molecule has 1 saturated carbocycles. The molecule has 1 fully saturated rings. The third kappa shape index (κ3) is 1.88. The van der Waals surface area contributed by atoms with Crippen LogP contribution in [0.2, 0.25) is 0 Å². The van der Waals surface area contributed by atoms with Gasteiger partial charge in [0.15, 0.2) is 0 Å². The van der Waals surface area contributed by atoms with Crippen LogP contribution in [0.1, 0.15) is 31.7 Å². The lowest BCUT2D eigenvalue weighted by molar-refractivity contribution is 0.761. The van der Waals surface area contributed by atoms with E-state index in [0.29, 0.717) is 0 Å². The lowest BCUT2D eigenvalue weighted by Crippen LogP contribution is -2.23. The van der Waals surface area contributed by atoms with Crippen molar-refractivity contribution in [2.75, 3.05) is 0 Å². The third-order valence-corrected chi connectivity index (χ3v) is 2.95. The lowest BCUT2D eigenvalue weighted by atomic mass is 10.00. The van der Waals surface area contributed by atoms with Crippen molar-refractivity contribution >= 4 is 6.08 Å². The smallest absolute Gasteiger partial charge is 0.0373 e. The van der Waals surface area contributed by atoms with Gasteiger partial charge in [-0.25, -0.2) is 0 Å². The van der Waals surface area contributed by atoms with Gasteiger partial charge < -0.3 is 5.73 Å². The summed E-state index contributed by atoms with van der Waals surface area (Å²) in [6, 6.07) is 10.4. The minimum Gasteiger partial charge on any atom is -0.322 e. The number of hydrogen-bond acceptors (Lipinski definition) is 1. The Morgan fingerprint density at radius 2 is 2.00 bits per heavy atom. The van der Waals surface area contributed by atoms with Gasteiger partial charge in [0, 0.05) is 5.54 Å². The van der Waals surface area contributed by atoms with E-state index in [1.165, 1.54) is 11.1 Å². The number of hydrogen-bond donors (Lipinski definition) is 1. The summed E-state index contributed by atoms with van der Waals surface area (Å²) in [5.74, 6) is 0. The van der Waals surface area contributed by atoms with Crippen molar-refractivity contribution in [3.8, 4) is 0 Å². The highest BCUT2D eigenvalue weighted by Crippen LogP contribution is 2.41. The van der Waals surface area contributed by atoms with Gasteiger partial charge in [-0.05, 0) is 24.8 Å². The summed E-state index contributed by atoms with van der Waals surface area (Å²) < 4.78 is 0. The topological polar surface area (TPSA) is 26.0 Å². The first kappa shape index (κ1) is 9.47. The van der Waals surface area contributed by atoms with Crippen LogP contribution in [0.15, 0.2) is 35.9 Å². The summed E-state index contributed by atoms with van der Waals surface area (Å²) in [5, 5.41) is 0. The van der Waals surface area contributed by atoms with E-state index >= 15 is 0 Å². The molecular formula is C13H17N. The molecule has 0 aromatic heterocycles. The zero-order valence-corrected chi connectivity index (χ0v) is 8.66. The predicted octanol–water partition coefficient (Wildman–Crippen LogP) is 2.97. The van der Waals surface area contributed by atoms with Crippen molar-refractivity contribution in [2.45, 2.75) is 31.7 Å². The Balaban J connectivity index is 2.24. The Morgan fingerprint density at radius 1 is 1.36 bits per heavy atom. The largest absolute Gasteiger partial charge is 0.322 e. The van der Waals surface area contributed by atoms with Gasteiger partial charge >= 0.3 is 0 Å². The van der Waals surface area contributed by atoms with Crippen LogP contribution < -0.4 is 5.73 Å². The molecule has 1 nitrogen and oxygen atoms in total. The maximum Gasteiger partial charge on any atom is 0.0373 e. The average molecular weight is 187 g/mol. The van der Waals surface area contributed by atoms with Crippen LogP contribution in [0.25, 0.3) is 6.08 Å². The van der Waals surface area contributed by atoms with Crippen LogP contribution in [0.5, 0.6) is 0 Å². The van der Waals surface area contributed by atoms with Gasteiger partial charge in [-0.3, -0.25) is 0 Å². The van der Waals surface area contributed by atoms with Crippen molar-refractivity contribution in [3.05, 3.63) is 41.5 Å². The Hall–Kier alpha value is -1.08. The predicted molar refractivity (Wildman–Crippen MR) is 60.9 cm³/mol. The minimum absolute atomic E-state index is 0.0323. The van der Waals surface area contributed by atoms with E-state index in [1.54, 1.807) is 0 Å². The van der Waals surface area contributed by atoms with Gasteiger partial charge in [-0.2, -0.15) is 0 Å². The molecule has 0 saturated heterocycles. The molecule has 0 unspecified atom stereocenters. The molecule has 0 heterocycles. The molecule has 0 spiro atoms. The van der Waals surface area contributed by atoms with Crippen LogP contribution >= 0.6 is 0 Å². The molecule has 74 valence electrons. The van der Waals surface area contributed by atoms with Gasteiger partial charge in [0.2, 0.25) is 0 Å². The second-order valence-corrected chi connectivity index (χ2v) is 4.09. The normalized spacial score (nSPS) is 19.4. The molecule has 1 aromatic carbocycles. The highest BCUT2D eigenvalue weighted by atomic mass is 14.8. The fourth-order valence-corrected chi connectivity index (χ4v) is 1.80. The van der Waals surface area contributed by atoms with E-state index in [0.717, 1.165) is 19.3 Å². The molecule has 0 aliphatic heterocycles. The maximum absolute atomic E-state index is 6.18. The summed E-state index contributed by atoms with van der Waals surface area (Å²) in [6.45, 7) is 2.18. The summed E-state index contributed by atoms with van der Waals surface area (Å²) in [5.41, 5.74) is 8.87. The molecule has 14 heavy (non-hydrogen) atoms. The van der Waals surface area contributed by atoms with Gasteiger partial charge in [-0.15, -0.1) is 0 Å².